The van der Waals surface area contributed by atoms with E-state index in [0.717, 1.165) is 5.69 Å². The molecule has 0 atom stereocenters. The Morgan fingerprint density at radius 2 is 1.65 bits per heavy atom. The van der Waals surface area contributed by atoms with Gasteiger partial charge in [0.25, 0.3) is 5.56 Å². The number of amides is 1. The first-order valence-electron chi connectivity index (χ1n) is 9.47. The molecule has 0 saturated carbocycles. The Hall–Kier alpha value is -2.80. The van der Waals surface area contributed by atoms with Gasteiger partial charge in [-0.25, -0.2) is 4.98 Å². The van der Waals surface area contributed by atoms with Crippen molar-refractivity contribution in [3.63, 3.8) is 0 Å². The molecule has 0 spiro atoms. The molecule has 156 valence electrons. The van der Waals surface area contributed by atoms with Gasteiger partial charge in [0.2, 0.25) is 5.91 Å². The molecule has 4 rings (SSSR count). The fourth-order valence-electron chi connectivity index (χ4n) is 3.10. The third kappa shape index (κ3) is 5.10. The Morgan fingerprint density at radius 1 is 0.968 bits per heavy atom. The Labute approximate surface area is 193 Å². The maximum atomic E-state index is 13.2. The number of nitrogens with one attached hydrogen (secondary N) is 1. The summed E-state index contributed by atoms with van der Waals surface area (Å²) in [7, 11) is 0. The number of nitrogens with zero attached hydrogens (tertiary/aromatic N) is 2. The number of halogens is 2. The number of benzene rings is 3. The van der Waals surface area contributed by atoms with Crippen molar-refractivity contribution in [2.24, 2.45) is 0 Å². The molecule has 1 aromatic heterocycles. The number of fused-ring (bicyclic) bond motifs is 1. The topological polar surface area (TPSA) is 64.0 Å². The van der Waals surface area contributed by atoms with Gasteiger partial charge in [0.15, 0.2) is 5.16 Å². The molecular weight excluding hydrogens is 453 g/mol. The van der Waals surface area contributed by atoms with Crippen LogP contribution in [0.25, 0.3) is 16.6 Å². The lowest BCUT2D eigenvalue weighted by molar-refractivity contribution is -0.115. The van der Waals surface area contributed by atoms with Gasteiger partial charge in [-0.05, 0) is 42.5 Å². The molecule has 31 heavy (non-hydrogen) atoms. The number of thioether (sulfide) groups is 1. The van der Waals surface area contributed by atoms with Gasteiger partial charge in [-0.2, -0.15) is 0 Å². The molecule has 1 amide bonds. The second-order valence-corrected chi connectivity index (χ2v) is 8.63. The van der Waals surface area contributed by atoms with Gasteiger partial charge in [-0.1, -0.05) is 65.3 Å². The summed E-state index contributed by atoms with van der Waals surface area (Å²) in [5, 5.41) is 4.77. The van der Waals surface area contributed by atoms with E-state index in [0.29, 0.717) is 37.5 Å². The quantitative estimate of drug-likeness (QED) is 0.285. The molecule has 8 heteroatoms. The van der Waals surface area contributed by atoms with Crippen molar-refractivity contribution in [2.75, 3.05) is 11.1 Å². The molecular formula is C23H17Cl2N3O2S. The van der Waals surface area contributed by atoms with Crippen LogP contribution in [0.1, 0.15) is 6.42 Å². The van der Waals surface area contributed by atoms with Crippen LogP contribution in [0.15, 0.2) is 82.7 Å². The zero-order chi connectivity index (χ0) is 21.8. The largest absolute Gasteiger partial charge is 0.326 e. The highest BCUT2D eigenvalue weighted by atomic mass is 35.5. The molecule has 1 heterocycles. The lowest BCUT2D eigenvalue weighted by atomic mass is 10.2. The minimum Gasteiger partial charge on any atom is -0.326 e. The van der Waals surface area contributed by atoms with Crippen molar-refractivity contribution in [1.29, 1.82) is 0 Å². The fraction of sp³-hybridized carbons (Fsp3) is 0.0870. The molecule has 0 aliphatic carbocycles. The third-order valence-corrected chi connectivity index (χ3v) is 5.84. The van der Waals surface area contributed by atoms with E-state index in [-0.39, 0.29) is 17.9 Å². The summed E-state index contributed by atoms with van der Waals surface area (Å²) in [6.45, 7) is 0. The first kappa shape index (κ1) is 21.4. The maximum absolute atomic E-state index is 13.2. The van der Waals surface area contributed by atoms with E-state index >= 15 is 0 Å². The van der Waals surface area contributed by atoms with E-state index in [9.17, 15) is 9.59 Å². The van der Waals surface area contributed by atoms with Crippen LogP contribution in [-0.2, 0) is 4.79 Å². The molecule has 1 N–H and O–H groups in total. The minimum atomic E-state index is -0.180. The van der Waals surface area contributed by atoms with Crippen LogP contribution in [0.3, 0.4) is 0 Å². The summed E-state index contributed by atoms with van der Waals surface area (Å²) in [6, 6.07) is 21.5. The summed E-state index contributed by atoms with van der Waals surface area (Å²) in [4.78, 5) is 30.2. The summed E-state index contributed by atoms with van der Waals surface area (Å²) in [6.07, 6.45) is 0.228. The van der Waals surface area contributed by atoms with E-state index in [1.165, 1.54) is 11.8 Å². The van der Waals surface area contributed by atoms with Gasteiger partial charge in [0.05, 0.1) is 16.6 Å². The number of para-hydroxylation sites is 2. The Morgan fingerprint density at radius 3 is 2.39 bits per heavy atom. The van der Waals surface area contributed by atoms with Crippen molar-refractivity contribution in [1.82, 2.24) is 9.55 Å². The van der Waals surface area contributed by atoms with Crippen molar-refractivity contribution in [3.8, 4) is 5.69 Å². The highest BCUT2D eigenvalue weighted by Crippen LogP contribution is 2.24. The number of carbonyl (C=O) groups excluding carboxylic acids is 1. The minimum absolute atomic E-state index is 0.141. The van der Waals surface area contributed by atoms with Crippen LogP contribution in [0.5, 0.6) is 0 Å². The predicted octanol–water partition coefficient (Wildman–Crippen LogP) is 5.81. The number of hydrogen-bond acceptors (Lipinski definition) is 4. The van der Waals surface area contributed by atoms with Crippen molar-refractivity contribution in [2.45, 2.75) is 11.6 Å². The summed E-state index contributed by atoms with van der Waals surface area (Å²) >= 11 is 13.3. The molecule has 0 saturated heterocycles. The summed E-state index contributed by atoms with van der Waals surface area (Å²) in [5.74, 6) is 0.262. The van der Waals surface area contributed by atoms with Crippen LogP contribution < -0.4 is 10.9 Å². The third-order valence-electron chi connectivity index (χ3n) is 4.47. The SMILES string of the molecule is O=C(CCSc1nc2ccccc2c(=O)n1-c1ccccc1)Nc1cc(Cl)cc(Cl)c1. The molecule has 3 aromatic carbocycles. The molecule has 0 radical (unpaired) electrons. The number of carbonyl (C=O) groups is 1. The second kappa shape index (κ2) is 9.56. The van der Waals surface area contributed by atoms with E-state index in [1.54, 1.807) is 28.8 Å². The molecule has 0 bridgehead atoms. The number of aromatic nitrogens is 2. The molecule has 0 unspecified atom stereocenters. The van der Waals surface area contributed by atoms with Crippen LogP contribution in [0.2, 0.25) is 10.0 Å². The van der Waals surface area contributed by atoms with Gasteiger partial charge in [-0.15, -0.1) is 0 Å². The highest BCUT2D eigenvalue weighted by Gasteiger charge is 2.14. The number of rotatable bonds is 6. The lowest BCUT2D eigenvalue weighted by Crippen LogP contribution is -2.22. The summed E-state index contributed by atoms with van der Waals surface area (Å²) in [5.41, 5.74) is 1.75. The highest BCUT2D eigenvalue weighted by molar-refractivity contribution is 7.99. The van der Waals surface area contributed by atoms with Gasteiger partial charge in [0, 0.05) is 27.9 Å². The van der Waals surface area contributed by atoms with Gasteiger partial charge in [-0.3, -0.25) is 14.2 Å². The van der Waals surface area contributed by atoms with Crippen LogP contribution >= 0.6 is 35.0 Å². The van der Waals surface area contributed by atoms with Gasteiger partial charge >= 0.3 is 0 Å². The number of anilines is 1. The molecule has 0 fully saturated rings. The van der Waals surface area contributed by atoms with Crippen molar-refractivity contribution < 1.29 is 4.79 Å². The predicted molar refractivity (Wildman–Crippen MR) is 128 cm³/mol. The smallest absolute Gasteiger partial charge is 0.266 e. The Kier molecular flexibility index (Phi) is 6.61. The Balaban J connectivity index is 1.55. The van der Waals surface area contributed by atoms with Crippen LogP contribution in [0, 0.1) is 0 Å². The molecule has 4 aromatic rings. The van der Waals surface area contributed by atoms with Gasteiger partial charge < -0.3 is 5.32 Å². The average Bonchev–Trinajstić information content (AvgIpc) is 2.74. The molecule has 0 aliphatic heterocycles. The van der Waals surface area contributed by atoms with E-state index in [2.05, 4.69) is 10.3 Å². The maximum Gasteiger partial charge on any atom is 0.266 e. The monoisotopic (exact) mass is 469 g/mol. The van der Waals surface area contributed by atoms with Crippen molar-refractivity contribution in [3.05, 3.63) is 93.2 Å². The van der Waals surface area contributed by atoms with E-state index in [1.807, 2.05) is 48.5 Å². The first-order chi connectivity index (χ1) is 15.0. The molecule has 5 nitrogen and oxygen atoms in total. The fourth-order valence-corrected chi connectivity index (χ4v) is 4.57. The zero-order valence-electron chi connectivity index (χ0n) is 16.2. The zero-order valence-corrected chi connectivity index (χ0v) is 18.5. The average molecular weight is 470 g/mol. The van der Waals surface area contributed by atoms with Crippen LogP contribution in [0.4, 0.5) is 5.69 Å². The second-order valence-electron chi connectivity index (χ2n) is 6.69. The van der Waals surface area contributed by atoms with Crippen molar-refractivity contribution >= 4 is 57.5 Å². The standard InChI is InChI=1S/C23H17Cl2N3O2S/c24-15-12-16(25)14-17(13-15)26-21(29)10-11-31-23-27-20-9-5-4-8-19(20)22(30)28(23)18-6-2-1-3-7-18/h1-9,12-14H,10-11H2,(H,26,29). The number of hydrogen-bond donors (Lipinski definition) is 1. The van der Waals surface area contributed by atoms with Crippen LogP contribution in [-0.4, -0.2) is 21.2 Å². The first-order valence-corrected chi connectivity index (χ1v) is 11.2. The van der Waals surface area contributed by atoms with E-state index < -0.39 is 0 Å². The normalized spacial score (nSPS) is 10.9. The Bertz CT molecular complexity index is 1290. The summed E-state index contributed by atoms with van der Waals surface area (Å²) < 4.78 is 1.58. The lowest BCUT2D eigenvalue weighted by Gasteiger charge is -2.13. The van der Waals surface area contributed by atoms with E-state index in [4.69, 9.17) is 23.2 Å². The molecule has 0 aliphatic rings. The van der Waals surface area contributed by atoms with Gasteiger partial charge in [0.1, 0.15) is 0 Å².